The average molecular weight is 378 g/mol. The molecule has 0 saturated carbocycles. The number of urea groups is 1. The zero-order valence-electron chi connectivity index (χ0n) is 13.3. The highest BCUT2D eigenvalue weighted by molar-refractivity contribution is 6.36. The molecular weight excluding hydrogens is 361 g/mol. The molecule has 130 valence electrons. The fourth-order valence-electron chi connectivity index (χ4n) is 2.76. The van der Waals surface area contributed by atoms with Gasteiger partial charge in [-0.2, -0.15) is 0 Å². The molecular formula is C18H17Cl2N3O2. The number of hydrogen-bond donors (Lipinski definition) is 2. The standard InChI is InChI=1S/C18H17Cl2N3O2/c19-13-6-7-16(15(20)8-13)22-18(25)21-14-9-17(24)23(11-14)10-12-4-2-1-3-5-12/h1-8,14H,9-11H2,(H2,21,22,25). The molecule has 2 N–H and O–H groups in total. The van der Waals surface area contributed by atoms with Crippen molar-refractivity contribution in [2.24, 2.45) is 0 Å². The number of carbonyl (C=O) groups excluding carboxylic acids is 2. The van der Waals surface area contributed by atoms with E-state index in [0.29, 0.717) is 28.8 Å². The van der Waals surface area contributed by atoms with Crippen LogP contribution in [-0.4, -0.2) is 29.4 Å². The smallest absolute Gasteiger partial charge is 0.319 e. The minimum absolute atomic E-state index is 0.0266. The van der Waals surface area contributed by atoms with Gasteiger partial charge in [0.2, 0.25) is 5.91 Å². The number of nitrogens with one attached hydrogen (secondary N) is 2. The zero-order valence-corrected chi connectivity index (χ0v) is 14.8. The molecule has 3 amide bonds. The Morgan fingerprint density at radius 1 is 1.16 bits per heavy atom. The van der Waals surface area contributed by atoms with E-state index < -0.39 is 6.03 Å². The molecule has 0 radical (unpaired) electrons. The molecule has 2 aromatic rings. The summed E-state index contributed by atoms with van der Waals surface area (Å²) in [6.45, 7) is 1.03. The number of likely N-dealkylation sites (tertiary alicyclic amines) is 1. The third-order valence-corrected chi connectivity index (χ3v) is 4.49. The third-order valence-electron chi connectivity index (χ3n) is 3.95. The van der Waals surface area contributed by atoms with Gasteiger partial charge in [-0.05, 0) is 23.8 Å². The maximum absolute atomic E-state index is 12.1. The van der Waals surface area contributed by atoms with Crippen LogP contribution in [0.3, 0.4) is 0 Å². The van der Waals surface area contributed by atoms with Gasteiger partial charge in [0.15, 0.2) is 0 Å². The number of rotatable bonds is 4. The summed E-state index contributed by atoms with van der Waals surface area (Å²) < 4.78 is 0. The largest absolute Gasteiger partial charge is 0.336 e. The molecule has 0 aliphatic carbocycles. The van der Waals surface area contributed by atoms with E-state index in [-0.39, 0.29) is 18.4 Å². The first-order valence-corrected chi connectivity index (χ1v) is 8.61. The molecule has 1 aliphatic rings. The van der Waals surface area contributed by atoms with E-state index in [1.165, 1.54) is 0 Å². The SMILES string of the molecule is O=C(Nc1ccc(Cl)cc1Cl)NC1CC(=O)N(Cc2ccccc2)C1. The van der Waals surface area contributed by atoms with Crippen LogP contribution in [-0.2, 0) is 11.3 Å². The molecule has 1 unspecified atom stereocenters. The van der Waals surface area contributed by atoms with Crippen molar-refractivity contribution in [3.05, 3.63) is 64.1 Å². The van der Waals surface area contributed by atoms with Crippen LogP contribution in [0.4, 0.5) is 10.5 Å². The molecule has 1 atom stereocenters. The Balaban J connectivity index is 1.55. The minimum Gasteiger partial charge on any atom is -0.336 e. The van der Waals surface area contributed by atoms with E-state index in [1.54, 1.807) is 23.1 Å². The Morgan fingerprint density at radius 2 is 1.92 bits per heavy atom. The predicted molar refractivity (Wildman–Crippen MR) is 98.9 cm³/mol. The topological polar surface area (TPSA) is 61.4 Å². The molecule has 1 saturated heterocycles. The molecule has 5 nitrogen and oxygen atoms in total. The molecule has 2 aromatic carbocycles. The normalized spacial score (nSPS) is 16.8. The Hall–Kier alpha value is -2.24. The fraction of sp³-hybridized carbons (Fsp3) is 0.222. The van der Waals surface area contributed by atoms with E-state index in [4.69, 9.17) is 23.2 Å². The number of nitrogens with zero attached hydrogens (tertiary/aromatic N) is 1. The summed E-state index contributed by atoms with van der Waals surface area (Å²) in [5, 5.41) is 6.34. The second-order valence-corrected chi connectivity index (χ2v) is 6.73. The third kappa shape index (κ3) is 4.65. The van der Waals surface area contributed by atoms with Gasteiger partial charge in [-0.1, -0.05) is 53.5 Å². The van der Waals surface area contributed by atoms with Crippen LogP contribution in [0.5, 0.6) is 0 Å². The molecule has 25 heavy (non-hydrogen) atoms. The van der Waals surface area contributed by atoms with Crippen molar-refractivity contribution in [3.63, 3.8) is 0 Å². The quantitative estimate of drug-likeness (QED) is 0.847. The lowest BCUT2D eigenvalue weighted by atomic mass is 10.2. The van der Waals surface area contributed by atoms with Gasteiger partial charge in [0.25, 0.3) is 0 Å². The number of benzene rings is 2. The number of amides is 3. The van der Waals surface area contributed by atoms with E-state index in [9.17, 15) is 9.59 Å². The Morgan fingerprint density at radius 3 is 2.64 bits per heavy atom. The Kier molecular flexibility index (Phi) is 5.46. The van der Waals surface area contributed by atoms with Gasteiger partial charge >= 0.3 is 6.03 Å². The molecule has 7 heteroatoms. The number of anilines is 1. The van der Waals surface area contributed by atoms with Gasteiger partial charge in [-0.15, -0.1) is 0 Å². The highest BCUT2D eigenvalue weighted by atomic mass is 35.5. The van der Waals surface area contributed by atoms with E-state index in [1.807, 2.05) is 30.3 Å². The first-order valence-electron chi connectivity index (χ1n) is 7.85. The van der Waals surface area contributed by atoms with Crippen LogP contribution in [0.15, 0.2) is 48.5 Å². The van der Waals surface area contributed by atoms with Crippen molar-refractivity contribution in [2.75, 3.05) is 11.9 Å². The fourth-order valence-corrected chi connectivity index (χ4v) is 3.22. The zero-order chi connectivity index (χ0) is 17.8. The van der Waals surface area contributed by atoms with Crippen molar-refractivity contribution in [1.82, 2.24) is 10.2 Å². The molecule has 1 aliphatic heterocycles. The van der Waals surface area contributed by atoms with Gasteiger partial charge in [-0.25, -0.2) is 4.79 Å². The van der Waals surface area contributed by atoms with Crippen molar-refractivity contribution in [1.29, 1.82) is 0 Å². The molecule has 3 rings (SSSR count). The summed E-state index contributed by atoms with van der Waals surface area (Å²) in [6.07, 6.45) is 0.286. The lowest BCUT2D eigenvalue weighted by Crippen LogP contribution is -2.39. The second kappa shape index (κ2) is 7.76. The van der Waals surface area contributed by atoms with Crippen LogP contribution in [0.1, 0.15) is 12.0 Å². The van der Waals surface area contributed by atoms with Crippen LogP contribution >= 0.6 is 23.2 Å². The lowest BCUT2D eigenvalue weighted by Gasteiger charge is -2.17. The Labute approximate surface area is 155 Å². The van der Waals surface area contributed by atoms with Gasteiger partial charge in [-0.3, -0.25) is 4.79 Å². The van der Waals surface area contributed by atoms with Crippen molar-refractivity contribution in [2.45, 2.75) is 19.0 Å². The van der Waals surface area contributed by atoms with Crippen molar-refractivity contribution >= 4 is 40.8 Å². The van der Waals surface area contributed by atoms with Crippen LogP contribution in [0.25, 0.3) is 0 Å². The molecule has 1 fully saturated rings. The summed E-state index contributed by atoms with van der Waals surface area (Å²) in [6, 6.07) is 14.0. The van der Waals surface area contributed by atoms with Gasteiger partial charge in [0.1, 0.15) is 0 Å². The van der Waals surface area contributed by atoms with Crippen LogP contribution in [0, 0.1) is 0 Å². The summed E-state index contributed by atoms with van der Waals surface area (Å²) in [4.78, 5) is 26.0. The highest BCUT2D eigenvalue weighted by Crippen LogP contribution is 2.25. The first kappa shape index (κ1) is 17.6. The first-order chi connectivity index (χ1) is 12.0. The van der Waals surface area contributed by atoms with Crippen molar-refractivity contribution < 1.29 is 9.59 Å². The van der Waals surface area contributed by atoms with Gasteiger partial charge < -0.3 is 15.5 Å². The summed E-state index contributed by atoms with van der Waals surface area (Å²) >= 11 is 11.9. The monoisotopic (exact) mass is 377 g/mol. The van der Waals surface area contributed by atoms with Gasteiger partial charge in [0.05, 0.1) is 16.8 Å². The van der Waals surface area contributed by atoms with Crippen LogP contribution < -0.4 is 10.6 Å². The van der Waals surface area contributed by atoms with E-state index >= 15 is 0 Å². The van der Waals surface area contributed by atoms with E-state index in [0.717, 1.165) is 5.56 Å². The maximum atomic E-state index is 12.1. The molecule has 0 aromatic heterocycles. The van der Waals surface area contributed by atoms with Gasteiger partial charge in [0, 0.05) is 24.5 Å². The number of carbonyl (C=O) groups is 2. The average Bonchev–Trinajstić information content (AvgIpc) is 2.90. The summed E-state index contributed by atoms with van der Waals surface area (Å²) in [5.41, 5.74) is 1.53. The predicted octanol–water partition coefficient (Wildman–Crippen LogP) is 3.92. The number of hydrogen-bond acceptors (Lipinski definition) is 2. The molecule has 1 heterocycles. The maximum Gasteiger partial charge on any atom is 0.319 e. The molecule has 0 spiro atoms. The van der Waals surface area contributed by atoms with Crippen molar-refractivity contribution in [3.8, 4) is 0 Å². The van der Waals surface area contributed by atoms with Crippen LogP contribution in [0.2, 0.25) is 10.0 Å². The number of halogens is 2. The summed E-state index contributed by atoms with van der Waals surface area (Å²) in [7, 11) is 0. The highest BCUT2D eigenvalue weighted by Gasteiger charge is 2.30. The second-order valence-electron chi connectivity index (χ2n) is 5.88. The van der Waals surface area contributed by atoms with E-state index in [2.05, 4.69) is 10.6 Å². The Bertz CT molecular complexity index is 783. The molecule has 0 bridgehead atoms. The summed E-state index contributed by atoms with van der Waals surface area (Å²) in [5.74, 6) is 0.0266. The lowest BCUT2D eigenvalue weighted by molar-refractivity contribution is -0.128. The minimum atomic E-state index is -0.399.